The lowest BCUT2D eigenvalue weighted by Gasteiger charge is -2.29. The topological polar surface area (TPSA) is 67.2 Å². The number of amides is 2. The minimum absolute atomic E-state index is 0.00369. The number of halogens is 1. The van der Waals surface area contributed by atoms with Crippen LogP contribution in [0.25, 0.3) is 11.0 Å². The molecule has 7 heteroatoms. The molecule has 4 aromatic rings. The quantitative estimate of drug-likeness (QED) is 0.475. The molecule has 1 aliphatic heterocycles. The van der Waals surface area contributed by atoms with Crippen molar-refractivity contribution in [1.29, 1.82) is 0 Å². The molecule has 1 aliphatic rings. The fourth-order valence-corrected chi connectivity index (χ4v) is 4.57. The van der Waals surface area contributed by atoms with Crippen LogP contribution < -0.4 is 10.2 Å². The van der Waals surface area contributed by atoms with Crippen molar-refractivity contribution < 1.29 is 9.59 Å². The van der Waals surface area contributed by atoms with E-state index in [2.05, 4.69) is 16.4 Å². The van der Waals surface area contributed by atoms with Gasteiger partial charge in [0.2, 0.25) is 5.91 Å². The van der Waals surface area contributed by atoms with Crippen LogP contribution in [-0.2, 0) is 24.3 Å². The van der Waals surface area contributed by atoms with E-state index in [0.29, 0.717) is 23.0 Å². The number of nitrogens with one attached hydrogen (secondary N) is 1. The zero-order chi connectivity index (χ0) is 22.8. The SMILES string of the molecule is O=C(NCc1nc2ccccc2n1CC(=O)N1CCCc2ccccc21)c1ccccc1Cl. The van der Waals surface area contributed by atoms with Crippen LogP contribution in [0, 0.1) is 0 Å². The highest BCUT2D eigenvalue weighted by Crippen LogP contribution is 2.27. The van der Waals surface area contributed by atoms with Crippen LogP contribution in [0.15, 0.2) is 72.8 Å². The Hall–Kier alpha value is -3.64. The van der Waals surface area contributed by atoms with Crippen LogP contribution in [0.5, 0.6) is 0 Å². The summed E-state index contributed by atoms with van der Waals surface area (Å²) in [5.74, 6) is 0.342. The molecule has 0 unspecified atom stereocenters. The van der Waals surface area contributed by atoms with Crippen molar-refractivity contribution in [1.82, 2.24) is 14.9 Å². The van der Waals surface area contributed by atoms with E-state index < -0.39 is 0 Å². The molecule has 0 aliphatic carbocycles. The predicted octanol–water partition coefficient (Wildman–Crippen LogP) is 4.60. The number of aromatic nitrogens is 2. The summed E-state index contributed by atoms with van der Waals surface area (Å²) in [7, 11) is 0. The third kappa shape index (κ3) is 4.22. The first-order chi connectivity index (χ1) is 16.1. The number of carbonyl (C=O) groups is 2. The highest BCUT2D eigenvalue weighted by molar-refractivity contribution is 6.33. The van der Waals surface area contributed by atoms with Crippen LogP contribution >= 0.6 is 11.6 Å². The van der Waals surface area contributed by atoms with E-state index >= 15 is 0 Å². The predicted molar refractivity (Wildman–Crippen MR) is 129 cm³/mol. The van der Waals surface area contributed by atoms with Crippen molar-refractivity contribution >= 4 is 40.1 Å². The van der Waals surface area contributed by atoms with Gasteiger partial charge in [-0.2, -0.15) is 0 Å². The first-order valence-corrected chi connectivity index (χ1v) is 11.3. The van der Waals surface area contributed by atoms with Gasteiger partial charge in [0.25, 0.3) is 5.91 Å². The number of carbonyl (C=O) groups excluding carboxylic acids is 2. The Morgan fingerprint density at radius 3 is 2.61 bits per heavy atom. The van der Waals surface area contributed by atoms with Gasteiger partial charge < -0.3 is 14.8 Å². The second-order valence-corrected chi connectivity index (χ2v) is 8.45. The number of nitrogens with zero attached hydrogens (tertiary/aromatic N) is 3. The highest BCUT2D eigenvalue weighted by atomic mass is 35.5. The molecule has 166 valence electrons. The van der Waals surface area contributed by atoms with Gasteiger partial charge in [-0.15, -0.1) is 0 Å². The third-order valence-corrected chi connectivity index (χ3v) is 6.29. The Morgan fingerprint density at radius 1 is 0.970 bits per heavy atom. The first-order valence-electron chi connectivity index (χ1n) is 11.0. The van der Waals surface area contributed by atoms with E-state index in [1.54, 1.807) is 24.3 Å². The van der Waals surface area contributed by atoms with Gasteiger partial charge in [0.05, 0.1) is 28.2 Å². The molecule has 3 aromatic carbocycles. The number of rotatable bonds is 5. The molecular weight excluding hydrogens is 436 g/mol. The second-order valence-electron chi connectivity index (χ2n) is 8.04. The molecule has 5 rings (SSSR count). The Balaban J connectivity index is 1.41. The summed E-state index contributed by atoms with van der Waals surface area (Å²) in [4.78, 5) is 32.6. The summed E-state index contributed by atoms with van der Waals surface area (Å²) in [6, 6.07) is 22.7. The van der Waals surface area contributed by atoms with Gasteiger partial charge in [-0.05, 0) is 48.7 Å². The van der Waals surface area contributed by atoms with Crippen LogP contribution in [0.2, 0.25) is 5.02 Å². The Kier molecular flexibility index (Phi) is 5.84. The molecule has 1 N–H and O–H groups in total. The van der Waals surface area contributed by atoms with Crippen LogP contribution in [0.1, 0.15) is 28.2 Å². The maximum Gasteiger partial charge on any atom is 0.253 e. The van der Waals surface area contributed by atoms with Crippen molar-refractivity contribution in [3.05, 3.63) is 94.8 Å². The third-order valence-electron chi connectivity index (χ3n) is 5.96. The monoisotopic (exact) mass is 458 g/mol. The Morgan fingerprint density at radius 2 is 1.73 bits per heavy atom. The number of benzene rings is 3. The molecule has 2 heterocycles. The molecule has 0 radical (unpaired) electrons. The molecule has 33 heavy (non-hydrogen) atoms. The van der Waals surface area contributed by atoms with E-state index in [0.717, 1.165) is 29.6 Å². The number of hydrogen-bond acceptors (Lipinski definition) is 3. The van der Waals surface area contributed by atoms with Gasteiger partial charge in [-0.3, -0.25) is 9.59 Å². The van der Waals surface area contributed by atoms with Crippen molar-refractivity contribution in [2.45, 2.75) is 25.9 Å². The summed E-state index contributed by atoms with van der Waals surface area (Å²) < 4.78 is 1.89. The summed E-state index contributed by atoms with van der Waals surface area (Å²) in [6.07, 6.45) is 1.92. The minimum Gasteiger partial charge on any atom is -0.345 e. The lowest BCUT2D eigenvalue weighted by atomic mass is 10.0. The average Bonchev–Trinajstić information content (AvgIpc) is 3.19. The minimum atomic E-state index is -0.282. The van der Waals surface area contributed by atoms with Crippen LogP contribution in [0.3, 0.4) is 0 Å². The molecule has 6 nitrogen and oxygen atoms in total. The molecule has 0 spiro atoms. The van der Waals surface area contributed by atoms with Crippen molar-refractivity contribution in [3.63, 3.8) is 0 Å². The van der Waals surface area contributed by atoms with Crippen LogP contribution in [0.4, 0.5) is 5.69 Å². The van der Waals surface area contributed by atoms with Crippen molar-refractivity contribution in [2.24, 2.45) is 0 Å². The smallest absolute Gasteiger partial charge is 0.253 e. The van der Waals surface area contributed by atoms with Gasteiger partial charge in [-0.1, -0.05) is 54.1 Å². The van der Waals surface area contributed by atoms with E-state index in [9.17, 15) is 9.59 Å². The summed E-state index contributed by atoms with van der Waals surface area (Å²) in [5.41, 5.74) is 4.22. The number of para-hydroxylation sites is 3. The molecule has 0 fully saturated rings. The lowest BCUT2D eigenvalue weighted by Crippen LogP contribution is -2.38. The zero-order valence-electron chi connectivity index (χ0n) is 18.0. The van der Waals surface area contributed by atoms with Crippen molar-refractivity contribution in [2.75, 3.05) is 11.4 Å². The van der Waals surface area contributed by atoms with Gasteiger partial charge in [0.15, 0.2) is 0 Å². The van der Waals surface area contributed by atoms with Crippen molar-refractivity contribution in [3.8, 4) is 0 Å². The molecular formula is C26H23ClN4O2. The van der Waals surface area contributed by atoms with E-state index in [1.165, 1.54) is 5.56 Å². The van der Waals surface area contributed by atoms with Crippen LogP contribution in [-0.4, -0.2) is 27.9 Å². The summed E-state index contributed by atoms with van der Waals surface area (Å²) in [6.45, 7) is 1.02. The fourth-order valence-electron chi connectivity index (χ4n) is 4.35. The van der Waals surface area contributed by atoms with Gasteiger partial charge in [-0.25, -0.2) is 4.98 Å². The Labute approximate surface area is 196 Å². The Bertz CT molecular complexity index is 1350. The molecule has 0 saturated heterocycles. The molecule has 2 amide bonds. The largest absolute Gasteiger partial charge is 0.345 e. The number of aryl methyl sites for hydroxylation is 1. The molecule has 0 atom stereocenters. The second kappa shape index (κ2) is 9.08. The number of anilines is 1. The zero-order valence-corrected chi connectivity index (χ0v) is 18.8. The first kappa shape index (κ1) is 21.2. The maximum absolute atomic E-state index is 13.4. The number of hydrogen-bond donors (Lipinski definition) is 1. The maximum atomic E-state index is 13.4. The standard InChI is InChI=1S/C26H23ClN4O2/c27-20-11-3-2-10-19(20)26(33)28-16-24-29-21-12-4-6-14-23(21)31(24)17-25(32)30-15-7-9-18-8-1-5-13-22(18)30/h1-6,8,10-14H,7,9,15-17H2,(H,28,33). The highest BCUT2D eigenvalue weighted by Gasteiger charge is 2.24. The van der Waals surface area contributed by atoms with E-state index in [-0.39, 0.29) is 24.9 Å². The number of fused-ring (bicyclic) bond motifs is 2. The summed E-state index contributed by atoms with van der Waals surface area (Å²) in [5, 5.41) is 3.29. The normalized spacial score (nSPS) is 13.1. The molecule has 1 aromatic heterocycles. The van der Waals surface area contributed by atoms with Gasteiger partial charge in [0, 0.05) is 12.2 Å². The van der Waals surface area contributed by atoms with Gasteiger partial charge in [0.1, 0.15) is 12.4 Å². The fraction of sp³-hybridized carbons (Fsp3) is 0.192. The molecule has 0 bridgehead atoms. The number of imidazole rings is 1. The van der Waals surface area contributed by atoms with E-state index in [4.69, 9.17) is 11.6 Å². The van der Waals surface area contributed by atoms with E-state index in [1.807, 2.05) is 51.9 Å². The summed E-state index contributed by atoms with van der Waals surface area (Å²) >= 11 is 6.16. The lowest BCUT2D eigenvalue weighted by molar-refractivity contribution is -0.119. The van der Waals surface area contributed by atoms with Gasteiger partial charge >= 0.3 is 0 Å². The average molecular weight is 459 g/mol. The molecule has 0 saturated carbocycles.